The van der Waals surface area contributed by atoms with Crippen LogP contribution in [0.15, 0.2) is 88.9 Å². The fourth-order valence-electron chi connectivity index (χ4n) is 3.41. The van der Waals surface area contributed by atoms with Gasteiger partial charge in [0.05, 0.1) is 17.4 Å². The van der Waals surface area contributed by atoms with Gasteiger partial charge in [-0.1, -0.05) is 36.4 Å². The molecule has 0 fully saturated rings. The topological polar surface area (TPSA) is 90.9 Å². The summed E-state index contributed by atoms with van der Waals surface area (Å²) in [5.41, 5.74) is 2.88. The number of amides is 3. The predicted octanol–water partition coefficient (Wildman–Crippen LogP) is 4.59. The van der Waals surface area contributed by atoms with Crippen molar-refractivity contribution in [2.75, 3.05) is 10.3 Å². The molecule has 0 bridgehead atoms. The Morgan fingerprint density at radius 2 is 1.62 bits per heavy atom. The number of hydrazone groups is 1. The molecule has 34 heavy (non-hydrogen) atoms. The van der Waals surface area contributed by atoms with Gasteiger partial charge in [0.2, 0.25) is 5.91 Å². The third kappa shape index (κ3) is 5.52. The molecule has 172 valence electrons. The molecule has 1 aliphatic heterocycles. The Labute approximate surface area is 202 Å². The highest BCUT2D eigenvalue weighted by Gasteiger charge is 2.27. The molecular formula is C26H24N4O3S. The third-order valence-corrected chi connectivity index (χ3v) is 6.34. The van der Waals surface area contributed by atoms with Crippen molar-refractivity contribution in [3.8, 4) is 0 Å². The number of nitrogens with one attached hydrogen (secondary N) is 2. The van der Waals surface area contributed by atoms with Gasteiger partial charge in [0.1, 0.15) is 5.84 Å². The summed E-state index contributed by atoms with van der Waals surface area (Å²) in [4.78, 5) is 38.3. The predicted molar refractivity (Wildman–Crippen MR) is 135 cm³/mol. The molecule has 2 N–H and O–H groups in total. The van der Waals surface area contributed by atoms with Gasteiger partial charge in [0.15, 0.2) is 0 Å². The second kappa shape index (κ2) is 10.4. The average Bonchev–Trinajstić information content (AvgIpc) is 3.20. The van der Waals surface area contributed by atoms with Gasteiger partial charge in [0, 0.05) is 16.1 Å². The van der Waals surface area contributed by atoms with Gasteiger partial charge in [-0.3, -0.25) is 14.4 Å². The molecule has 1 unspecified atom stereocenters. The lowest BCUT2D eigenvalue weighted by Gasteiger charge is -2.12. The van der Waals surface area contributed by atoms with E-state index in [1.54, 1.807) is 37.3 Å². The van der Waals surface area contributed by atoms with E-state index >= 15 is 0 Å². The Balaban J connectivity index is 1.32. The summed E-state index contributed by atoms with van der Waals surface area (Å²) >= 11 is 1.38. The first kappa shape index (κ1) is 23.3. The molecule has 0 saturated carbocycles. The van der Waals surface area contributed by atoms with Crippen LogP contribution in [0, 0.1) is 6.92 Å². The Bertz CT molecular complexity index is 1240. The first-order valence-electron chi connectivity index (χ1n) is 10.8. The van der Waals surface area contributed by atoms with Crippen molar-refractivity contribution >= 4 is 46.7 Å². The Kier molecular flexibility index (Phi) is 7.08. The van der Waals surface area contributed by atoms with Gasteiger partial charge in [0.25, 0.3) is 11.8 Å². The van der Waals surface area contributed by atoms with E-state index in [9.17, 15) is 14.4 Å². The van der Waals surface area contributed by atoms with Crippen LogP contribution in [-0.4, -0.2) is 28.8 Å². The minimum absolute atomic E-state index is 0.0489. The van der Waals surface area contributed by atoms with Crippen molar-refractivity contribution in [1.82, 2.24) is 5.32 Å². The van der Waals surface area contributed by atoms with Crippen LogP contribution in [0.5, 0.6) is 0 Å². The van der Waals surface area contributed by atoms with Crippen LogP contribution < -0.4 is 15.6 Å². The van der Waals surface area contributed by atoms with Gasteiger partial charge in [-0.2, -0.15) is 10.1 Å². The number of hydrogen-bond donors (Lipinski definition) is 2. The zero-order valence-corrected chi connectivity index (χ0v) is 19.6. The molecule has 0 aromatic heterocycles. The van der Waals surface area contributed by atoms with E-state index in [1.165, 1.54) is 16.8 Å². The largest absolute Gasteiger partial charge is 0.322 e. The van der Waals surface area contributed by atoms with Gasteiger partial charge in [-0.05, 0) is 61.9 Å². The van der Waals surface area contributed by atoms with Gasteiger partial charge in [-0.15, -0.1) is 11.8 Å². The fraction of sp³-hybridized carbons (Fsp3) is 0.154. The lowest BCUT2D eigenvalue weighted by molar-refractivity contribution is -0.118. The highest BCUT2D eigenvalue weighted by atomic mass is 32.2. The molecule has 0 spiro atoms. The number of nitrogens with zero attached hydrogens (tertiary/aromatic N) is 2. The molecule has 1 heterocycles. The van der Waals surface area contributed by atoms with E-state index in [0.717, 1.165) is 10.5 Å². The van der Waals surface area contributed by atoms with Crippen molar-refractivity contribution in [2.45, 2.75) is 30.4 Å². The van der Waals surface area contributed by atoms with Crippen molar-refractivity contribution in [2.24, 2.45) is 5.10 Å². The summed E-state index contributed by atoms with van der Waals surface area (Å²) in [6, 6.07) is 23.8. The van der Waals surface area contributed by atoms with Crippen LogP contribution in [0.4, 0.5) is 11.4 Å². The first-order valence-corrected chi connectivity index (χ1v) is 11.7. The minimum Gasteiger partial charge on any atom is -0.322 e. The Morgan fingerprint density at radius 1 is 0.941 bits per heavy atom. The summed E-state index contributed by atoms with van der Waals surface area (Å²) in [6.45, 7) is 3.69. The van der Waals surface area contributed by atoms with Crippen molar-refractivity contribution in [3.05, 3.63) is 90.0 Å². The zero-order chi connectivity index (χ0) is 24.1. The second-order valence-electron chi connectivity index (χ2n) is 7.81. The lowest BCUT2D eigenvalue weighted by atomic mass is 10.1. The monoisotopic (exact) mass is 472 g/mol. The highest BCUT2D eigenvalue weighted by molar-refractivity contribution is 8.00. The van der Waals surface area contributed by atoms with E-state index in [4.69, 9.17) is 0 Å². The van der Waals surface area contributed by atoms with Crippen LogP contribution in [0.3, 0.4) is 0 Å². The number of aryl methyl sites for hydroxylation is 1. The smallest absolute Gasteiger partial charge is 0.255 e. The van der Waals surface area contributed by atoms with Gasteiger partial charge in [-0.25, -0.2) is 0 Å². The molecule has 3 amide bonds. The fourth-order valence-corrected chi connectivity index (χ4v) is 4.28. The minimum atomic E-state index is -0.406. The number of rotatable bonds is 6. The number of anilines is 2. The van der Waals surface area contributed by atoms with E-state index < -0.39 is 5.25 Å². The van der Waals surface area contributed by atoms with Crippen molar-refractivity contribution in [3.63, 3.8) is 0 Å². The molecule has 3 aromatic rings. The Morgan fingerprint density at radius 3 is 2.32 bits per heavy atom. The Hall–Kier alpha value is -3.91. The van der Waals surface area contributed by atoms with Crippen LogP contribution >= 0.6 is 11.8 Å². The maximum atomic E-state index is 12.7. The summed E-state index contributed by atoms with van der Waals surface area (Å²) in [7, 11) is 0. The first-order chi connectivity index (χ1) is 16.4. The molecule has 7 nitrogen and oxygen atoms in total. The number of carbonyl (C=O) groups excluding carboxylic acids is 3. The molecule has 3 aromatic carbocycles. The maximum Gasteiger partial charge on any atom is 0.255 e. The van der Waals surface area contributed by atoms with Crippen molar-refractivity contribution in [1.29, 1.82) is 0 Å². The lowest BCUT2D eigenvalue weighted by Crippen LogP contribution is -2.35. The zero-order valence-electron chi connectivity index (χ0n) is 18.8. The maximum absolute atomic E-state index is 12.7. The molecule has 0 saturated heterocycles. The van der Waals surface area contributed by atoms with E-state index in [1.807, 2.05) is 55.5 Å². The second-order valence-corrected chi connectivity index (χ2v) is 9.22. The van der Waals surface area contributed by atoms with Crippen molar-refractivity contribution < 1.29 is 14.4 Å². The summed E-state index contributed by atoms with van der Waals surface area (Å²) in [5, 5.41) is 10.8. The van der Waals surface area contributed by atoms with Crippen LogP contribution in [0.2, 0.25) is 0 Å². The summed E-state index contributed by atoms with van der Waals surface area (Å²) in [5.74, 6) is -0.253. The average molecular weight is 473 g/mol. The summed E-state index contributed by atoms with van der Waals surface area (Å²) < 4.78 is 0. The third-order valence-electron chi connectivity index (χ3n) is 5.23. The quantitative estimate of drug-likeness (QED) is 0.513. The van der Waals surface area contributed by atoms with Crippen LogP contribution in [0.25, 0.3) is 0 Å². The van der Waals surface area contributed by atoms with E-state index in [0.29, 0.717) is 22.8 Å². The standard InChI is InChI=1S/C26H24N4O3S/c1-17-8-6-7-11-22(17)26(33)27-19-12-14-21(15-13-19)34-18(2)25(32)28-23-16-24(31)30(29-23)20-9-4-3-5-10-20/h3-15,18H,16H2,1-2H3,(H,27,33)(H,28,29,32). The number of para-hydroxylation sites is 1. The van der Waals surface area contributed by atoms with Crippen LogP contribution in [-0.2, 0) is 9.59 Å². The SMILES string of the molecule is Cc1ccccc1C(=O)Nc1ccc(SC(C)C(=O)NC2=NN(c3ccccc3)C(=O)C2)cc1. The highest BCUT2D eigenvalue weighted by Crippen LogP contribution is 2.26. The normalized spacial score (nSPS) is 13.9. The van der Waals surface area contributed by atoms with E-state index in [2.05, 4.69) is 15.7 Å². The number of carbonyl (C=O) groups is 3. The van der Waals surface area contributed by atoms with Gasteiger partial charge < -0.3 is 10.6 Å². The number of amidine groups is 1. The van der Waals surface area contributed by atoms with Gasteiger partial charge >= 0.3 is 0 Å². The number of hydrogen-bond acceptors (Lipinski definition) is 5. The molecule has 8 heteroatoms. The number of thioether (sulfide) groups is 1. The molecule has 0 aliphatic carbocycles. The molecule has 1 atom stereocenters. The molecule has 4 rings (SSSR count). The van der Waals surface area contributed by atoms with E-state index in [-0.39, 0.29) is 24.1 Å². The number of benzene rings is 3. The molecular weight excluding hydrogens is 448 g/mol. The summed E-state index contributed by atoms with van der Waals surface area (Å²) in [6.07, 6.45) is 0.0489. The molecule has 1 aliphatic rings. The van der Waals surface area contributed by atoms with Crippen LogP contribution in [0.1, 0.15) is 29.3 Å². The molecule has 0 radical (unpaired) electrons.